The fourth-order valence-electron chi connectivity index (χ4n) is 4.30. The Morgan fingerprint density at radius 2 is 0.867 bits per heavy atom. The van der Waals surface area contributed by atoms with E-state index in [1.54, 1.807) is 0 Å². The van der Waals surface area contributed by atoms with Crippen LogP contribution < -0.4 is 20.9 Å². The highest BCUT2D eigenvalue weighted by Crippen LogP contribution is 2.17. The number of nitrogens with zero attached hydrogens (tertiary/aromatic N) is 2. The quantitative estimate of drug-likeness (QED) is 0.0997. The molecule has 4 amide bonds. The van der Waals surface area contributed by atoms with Gasteiger partial charge < -0.3 is 20.9 Å². The number of hydrogen-bond acceptors (Lipinski definition) is 6. The van der Waals surface area contributed by atoms with Gasteiger partial charge in [0, 0.05) is 0 Å². The van der Waals surface area contributed by atoms with Crippen molar-refractivity contribution in [3.05, 3.63) is 131 Å². The van der Waals surface area contributed by atoms with E-state index in [-0.39, 0.29) is 26.3 Å². The average molecular weight is 613 g/mol. The molecule has 4 aromatic rings. The second kappa shape index (κ2) is 17.9. The molecule has 0 aliphatic carbocycles. The molecule has 0 aliphatic heterocycles. The van der Waals surface area contributed by atoms with Crippen LogP contribution in [0.3, 0.4) is 0 Å². The van der Waals surface area contributed by atoms with Crippen LogP contribution in [0.25, 0.3) is 0 Å². The molecule has 10 nitrogen and oxygen atoms in total. The lowest BCUT2D eigenvalue weighted by molar-refractivity contribution is -0.132. The lowest BCUT2D eigenvalue weighted by Gasteiger charge is -2.20. The van der Waals surface area contributed by atoms with Gasteiger partial charge in [0.25, 0.3) is 0 Å². The molecule has 0 heterocycles. The monoisotopic (exact) mass is 612 g/mol. The molecule has 0 spiro atoms. The van der Waals surface area contributed by atoms with Crippen LogP contribution in [0.1, 0.15) is 41.5 Å². The van der Waals surface area contributed by atoms with Gasteiger partial charge in [0.2, 0.25) is 0 Å². The lowest BCUT2D eigenvalue weighted by Crippen LogP contribution is -2.35. The number of rotatable bonds is 18. The highest BCUT2D eigenvalue weighted by Gasteiger charge is 2.13. The van der Waals surface area contributed by atoms with Gasteiger partial charge in [-0.05, 0) is 65.8 Å². The number of amides is 4. The largest absolute Gasteiger partial charge is 0.494 e. The molecule has 0 aliphatic rings. The molecule has 0 saturated heterocycles. The van der Waals surface area contributed by atoms with Crippen molar-refractivity contribution in [3.63, 3.8) is 0 Å². The molecule has 0 saturated carbocycles. The number of unbranched alkanes of at least 4 members (excludes halogenated alkanes) is 2. The summed E-state index contributed by atoms with van der Waals surface area (Å²) in [6.45, 7) is 2.16. The SMILES string of the molecule is NC(=O)N(Cc1ccc(OCCCCCOc2ccc(CN(OCc3ccccc3)C(N)=O)cc2)cc1)OCc1ccccc1. The maximum atomic E-state index is 11.8. The van der Waals surface area contributed by atoms with Gasteiger partial charge in [-0.15, -0.1) is 0 Å². The number of nitrogens with two attached hydrogens (primary N) is 2. The minimum Gasteiger partial charge on any atom is -0.494 e. The Kier molecular flexibility index (Phi) is 13.1. The molecule has 4 N–H and O–H groups in total. The van der Waals surface area contributed by atoms with Crippen LogP contribution in [-0.4, -0.2) is 35.4 Å². The lowest BCUT2D eigenvalue weighted by atomic mass is 10.2. The first-order valence-electron chi connectivity index (χ1n) is 14.9. The molecule has 0 atom stereocenters. The van der Waals surface area contributed by atoms with Gasteiger partial charge in [-0.1, -0.05) is 84.9 Å². The van der Waals surface area contributed by atoms with Crippen molar-refractivity contribution in [2.45, 2.75) is 45.6 Å². The number of benzene rings is 4. The van der Waals surface area contributed by atoms with Crippen molar-refractivity contribution < 1.29 is 28.7 Å². The third-order valence-corrected chi connectivity index (χ3v) is 6.78. The minimum absolute atomic E-state index is 0.236. The van der Waals surface area contributed by atoms with E-state index >= 15 is 0 Å². The number of hydroxylamine groups is 4. The summed E-state index contributed by atoms with van der Waals surface area (Å²) in [5.41, 5.74) is 14.6. The first-order chi connectivity index (χ1) is 22.0. The highest BCUT2D eigenvalue weighted by atomic mass is 16.7. The number of urea groups is 2. The second-order valence-electron chi connectivity index (χ2n) is 10.3. The normalized spacial score (nSPS) is 10.7. The fraction of sp³-hybridized carbons (Fsp3) is 0.257. The number of primary amides is 2. The number of ether oxygens (including phenoxy) is 2. The van der Waals surface area contributed by atoms with E-state index in [9.17, 15) is 9.59 Å². The summed E-state index contributed by atoms with van der Waals surface area (Å²) >= 11 is 0. The molecular weight excluding hydrogens is 572 g/mol. The summed E-state index contributed by atoms with van der Waals surface area (Å²) in [7, 11) is 0. The summed E-state index contributed by atoms with van der Waals surface area (Å²) in [6.07, 6.45) is 2.73. The Hall–Kier alpha value is -5.06. The molecule has 4 rings (SSSR count). The maximum absolute atomic E-state index is 11.8. The standard InChI is InChI=1S/C35H40N4O6/c36-34(40)38(44-26-30-10-4-1-5-11-30)24-28-14-18-32(19-15-28)42-22-8-3-9-23-43-33-20-16-29(17-21-33)25-39(35(37)41)45-27-31-12-6-2-7-13-31/h1-2,4-7,10-21H,3,8-9,22-27H2,(H2,36,40)(H2,37,41). The fourth-order valence-corrected chi connectivity index (χ4v) is 4.30. The van der Waals surface area contributed by atoms with Crippen molar-refractivity contribution in [1.29, 1.82) is 0 Å². The molecule has 0 aromatic heterocycles. The second-order valence-corrected chi connectivity index (χ2v) is 10.3. The zero-order chi connectivity index (χ0) is 31.7. The van der Waals surface area contributed by atoms with Gasteiger partial charge in [0.1, 0.15) is 24.7 Å². The van der Waals surface area contributed by atoms with Crippen molar-refractivity contribution in [2.24, 2.45) is 11.5 Å². The summed E-state index contributed by atoms with van der Waals surface area (Å²) in [6, 6.07) is 32.9. The molecule has 0 radical (unpaired) electrons. The molecule has 0 fully saturated rings. The molecule has 0 unspecified atom stereocenters. The first-order valence-corrected chi connectivity index (χ1v) is 14.9. The van der Waals surface area contributed by atoms with E-state index in [4.69, 9.17) is 30.6 Å². The average Bonchev–Trinajstić information content (AvgIpc) is 3.06. The van der Waals surface area contributed by atoms with Crippen LogP contribution >= 0.6 is 0 Å². The predicted octanol–water partition coefficient (Wildman–Crippen LogP) is 6.34. The van der Waals surface area contributed by atoms with Gasteiger partial charge in [-0.25, -0.2) is 9.59 Å². The molecule has 236 valence electrons. The smallest absolute Gasteiger partial charge is 0.339 e. The van der Waals surface area contributed by atoms with Crippen LogP contribution in [0.15, 0.2) is 109 Å². The molecule has 4 aromatic carbocycles. The van der Waals surface area contributed by atoms with Gasteiger partial charge in [-0.2, -0.15) is 10.1 Å². The molecule has 45 heavy (non-hydrogen) atoms. The number of carbonyl (C=O) groups is 2. The highest BCUT2D eigenvalue weighted by molar-refractivity contribution is 5.71. The first kappa shape index (κ1) is 32.8. The minimum atomic E-state index is -0.649. The molecular formula is C35H40N4O6. The van der Waals surface area contributed by atoms with Crippen molar-refractivity contribution in [2.75, 3.05) is 13.2 Å². The maximum Gasteiger partial charge on any atom is 0.339 e. The summed E-state index contributed by atoms with van der Waals surface area (Å²) in [5.74, 6) is 1.51. The van der Waals surface area contributed by atoms with Crippen molar-refractivity contribution in [3.8, 4) is 11.5 Å². The Morgan fingerprint density at radius 1 is 0.489 bits per heavy atom. The van der Waals surface area contributed by atoms with E-state index in [0.717, 1.165) is 63.1 Å². The third kappa shape index (κ3) is 11.9. The molecule has 0 bridgehead atoms. The van der Waals surface area contributed by atoms with Gasteiger partial charge in [-0.3, -0.25) is 9.68 Å². The van der Waals surface area contributed by atoms with Gasteiger partial charge in [0.15, 0.2) is 0 Å². The Morgan fingerprint density at radius 3 is 1.22 bits per heavy atom. The summed E-state index contributed by atoms with van der Waals surface area (Å²) in [4.78, 5) is 34.9. The van der Waals surface area contributed by atoms with Crippen molar-refractivity contribution in [1.82, 2.24) is 10.1 Å². The van der Waals surface area contributed by atoms with Crippen LogP contribution in [-0.2, 0) is 36.0 Å². The summed E-state index contributed by atoms with van der Waals surface area (Å²) < 4.78 is 11.7. The Balaban J connectivity index is 1.08. The Bertz CT molecular complexity index is 1330. The van der Waals surface area contributed by atoms with E-state index in [1.807, 2.05) is 109 Å². The predicted molar refractivity (Wildman–Crippen MR) is 170 cm³/mol. The zero-order valence-electron chi connectivity index (χ0n) is 25.3. The summed E-state index contributed by atoms with van der Waals surface area (Å²) in [5, 5.41) is 2.31. The Labute approximate surface area is 264 Å². The van der Waals surface area contributed by atoms with Crippen LogP contribution in [0.5, 0.6) is 11.5 Å². The van der Waals surface area contributed by atoms with E-state index in [2.05, 4.69) is 0 Å². The van der Waals surface area contributed by atoms with E-state index in [1.165, 1.54) is 0 Å². The van der Waals surface area contributed by atoms with E-state index in [0.29, 0.717) is 13.2 Å². The van der Waals surface area contributed by atoms with Gasteiger partial charge in [0.05, 0.1) is 26.3 Å². The van der Waals surface area contributed by atoms with Crippen LogP contribution in [0, 0.1) is 0 Å². The zero-order valence-corrected chi connectivity index (χ0v) is 25.3. The number of hydrogen-bond donors (Lipinski definition) is 2. The van der Waals surface area contributed by atoms with Gasteiger partial charge >= 0.3 is 12.1 Å². The van der Waals surface area contributed by atoms with E-state index < -0.39 is 12.1 Å². The number of carbonyl (C=O) groups excluding carboxylic acids is 2. The van der Waals surface area contributed by atoms with Crippen molar-refractivity contribution >= 4 is 12.1 Å². The van der Waals surface area contributed by atoms with Crippen LogP contribution in [0.2, 0.25) is 0 Å². The topological polar surface area (TPSA) is 130 Å². The molecule has 10 heteroatoms. The van der Waals surface area contributed by atoms with Crippen LogP contribution in [0.4, 0.5) is 9.59 Å². The third-order valence-electron chi connectivity index (χ3n) is 6.78.